The van der Waals surface area contributed by atoms with E-state index in [9.17, 15) is 9.59 Å². The Morgan fingerprint density at radius 3 is 2.88 bits per heavy atom. The van der Waals surface area contributed by atoms with Crippen molar-refractivity contribution in [2.75, 3.05) is 5.73 Å². The maximum Gasteiger partial charge on any atom is 0.310 e. The van der Waals surface area contributed by atoms with Crippen LogP contribution in [0.1, 0.15) is 29.4 Å². The van der Waals surface area contributed by atoms with Crippen LogP contribution >= 0.6 is 22.6 Å². The smallest absolute Gasteiger partial charge is 0.310 e. The van der Waals surface area contributed by atoms with E-state index in [2.05, 4.69) is 48.1 Å². The third kappa shape index (κ3) is 3.74. The summed E-state index contributed by atoms with van der Waals surface area (Å²) in [6, 6.07) is 5.32. The molecule has 0 saturated heterocycles. The first kappa shape index (κ1) is 18.0. The van der Waals surface area contributed by atoms with Gasteiger partial charge in [0.25, 0.3) is 5.91 Å². The highest BCUT2D eigenvalue weighted by Gasteiger charge is 2.16. The van der Waals surface area contributed by atoms with Crippen LogP contribution in [-0.4, -0.2) is 32.0 Å². The Labute approximate surface area is 161 Å². The summed E-state index contributed by atoms with van der Waals surface area (Å²) in [4.78, 5) is 31.8. The molecular weight excluding hydrogens is 451 g/mol. The van der Waals surface area contributed by atoms with Crippen molar-refractivity contribution in [1.82, 2.24) is 25.5 Å². The van der Waals surface area contributed by atoms with Crippen LogP contribution in [0, 0.1) is 3.57 Å². The Bertz CT molecular complexity index is 987. The second-order valence-corrected chi connectivity index (χ2v) is 6.49. The summed E-state index contributed by atoms with van der Waals surface area (Å²) < 4.78 is 6.00. The standard InChI is InChI=1S/C16H15IN6O3/c1-2-11(24)26-10-4-3-8(5-9(10)17)6-19-16(25)14-12-13(20-7-21-14)15(18)23-22-12/h3-5,7H,2,6H2,1H3,(H,19,25)(H3,18,22,23). The fourth-order valence-electron chi connectivity index (χ4n) is 2.22. The number of hydrogen-bond acceptors (Lipinski definition) is 7. The summed E-state index contributed by atoms with van der Waals surface area (Å²) in [5.41, 5.74) is 7.50. The van der Waals surface area contributed by atoms with Gasteiger partial charge in [-0.25, -0.2) is 9.97 Å². The number of aromatic nitrogens is 4. The van der Waals surface area contributed by atoms with Gasteiger partial charge in [0.2, 0.25) is 0 Å². The van der Waals surface area contributed by atoms with E-state index < -0.39 is 0 Å². The topological polar surface area (TPSA) is 136 Å². The Kier molecular flexibility index (Phi) is 5.30. The van der Waals surface area contributed by atoms with Crippen molar-refractivity contribution < 1.29 is 14.3 Å². The predicted molar refractivity (Wildman–Crippen MR) is 102 cm³/mol. The van der Waals surface area contributed by atoms with Gasteiger partial charge in [-0.05, 0) is 40.3 Å². The molecule has 3 aromatic rings. The number of hydrogen-bond donors (Lipinski definition) is 3. The third-order valence-electron chi connectivity index (χ3n) is 3.55. The minimum Gasteiger partial charge on any atom is -0.425 e. The molecule has 10 heteroatoms. The zero-order valence-electron chi connectivity index (χ0n) is 13.7. The fraction of sp³-hybridized carbons (Fsp3) is 0.188. The molecule has 0 aliphatic carbocycles. The first-order chi connectivity index (χ1) is 12.5. The number of nitrogen functional groups attached to an aromatic ring is 1. The van der Waals surface area contributed by atoms with Crippen LogP contribution < -0.4 is 15.8 Å². The number of nitrogens with two attached hydrogens (primary N) is 1. The molecule has 134 valence electrons. The molecule has 0 aliphatic rings. The molecule has 1 amide bonds. The summed E-state index contributed by atoms with van der Waals surface area (Å²) in [7, 11) is 0. The van der Waals surface area contributed by atoms with Gasteiger partial charge in [-0.15, -0.1) is 0 Å². The van der Waals surface area contributed by atoms with Gasteiger partial charge in [-0.1, -0.05) is 13.0 Å². The largest absolute Gasteiger partial charge is 0.425 e. The Morgan fingerprint density at radius 1 is 1.35 bits per heavy atom. The normalized spacial score (nSPS) is 10.7. The number of aromatic amines is 1. The summed E-state index contributed by atoms with van der Waals surface area (Å²) in [6.45, 7) is 2.02. The lowest BCUT2D eigenvalue weighted by molar-refractivity contribution is -0.134. The van der Waals surface area contributed by atoms with Crippen LogP contribution in [0.25, 0.3) is 11.0 Å². The quantitative estimate of drug-likeness (QED) is 0.296. The number of ether oxygens (including phenoxy) is 1. The molecule has 2 aromatic heterocycles. The SMILES string of the molecule is CCC(=O)Oc1ccc(CNC(=O)c2ncnc3c(N)n[nH]c23)cc1I. The Balaban J connectivity index is 1.71. The van der Waals surface area contributed by atoms with Crippen molar-refractivity contribution in [3.8, 4) is 5.75 Å². The van der Waals surface area contributed by atoms with Gasteiger partial charge in [-0.3, -0.25) is 14.7 Å². The molecule has 0 spiro atoms. The van der Waals surface area contributed by atoms with Crippen molar-refractivity contribution in [1.29, 1.82) is 0 Å². The number of benzene rings is 1. The molecule has 0 fully saturated rings. The molecule has 0 saturated carbocycles. The minimum atomic E-state index is -0.377. The number of anilines is 1. The molecule has 9 nitrogen and oxygen atoms in total. The molecule has 0 unspecified atom stereocenters. The van der Waals surface area contributed by atoms with E-state index in [4.69, 9.17) is 10.5 Å². The number of amides is 1. The lowest BCUT2D eigenvalue weighted by Crippen LogP contribution is -2.24. The first-order valence-electron chi connectivity index (χ1n) is 7.71. The summed E-state index contributed by atoms with van der Waals surface area (Å²) in [5.74, 6) is 0.0364. The highest BCUT2D eigenvalue weighted by Crippen LogP contribution is 2.23. The fourth-order valence-corrected chi connectivity index (χ4v) is 2.91. The van der Waals surface area contributed by atoms with Gasteiger partial charge >= 0.3 is 5.97 Å². The van der Waals surface area contributed by atoms with E-state index in [0.717, 1.165) is 9.13 Å². The van der Waals surface area contributed by atoms with Crippen molar-refractivity contribution in [3.05, 3.63) is 39.4 Å². The van der Waals surface area contributed by atoms with Gasteiger partial charge in [0.05, 0.1) is 3.57 Å². The molecule has 0 aliphatic heterocycles. The number of halogens is 1. The number of carbonyl (C=O) groups excluding carboxylic acids is 2. The average Bonchev–Trinajstić information content (AvgIpc) is 3.03. The van der Waals surface area contributed by atoms with Crippen LogP contribution in [-0.2, 0) is 11.3 Å². The van der Waals surface area contributed by atoms with E-state index >= 15 is 0 Å². The molecule has 0 radical (unpaired) electrons. The van der Waals surface area contributed by atoms with E-state index in [1.807, 2.05) is 6.07 Å². The Morgan fingerprint density at radius 2 is 2.15 bits per heavy atom. The van der Waals surface area contributed by atoms with Crippen molar-refractivity contribution in [2.45, 2.75) is 19.9 Å². The number of nitrogens with zero attached hydrogens (tertiary/aromatic N) is 3. The molecule has 2 heterocycles. The molecule has 4 N–H and O–H groups in total. The number of rotatable bonds is 5. The highest BCUT2D eigenvalue weighted by molar-refractivity contribution is 14.1. The lowest BCUT2D eigenvalue weighted by Gasteiger charge is -2.09. The number of H-pyrrole nitrogens is 1. The van der Waals surface area contributed by atoms with Crippen LogP contribution in [0.2, 0.25) is 0 Å². The summed E-state index contributed by atoms with van der Waals surface area (Å²) in [6.07, 6.45) is 1.57. The van der Waals surface area contributed by atoms with Gasteiger partial charge in [0.1, 0.15) is 23.1 Å². The molecular formula is C16H15IN6O3. The number of esters is 1. The van der Waals surface area contributed by atoms with Crippen molar-refractivity contribution in [3.63, 3.8) is 0 Å². The van der Waals surface area contributed by atoms with Crippen LogP contribution in [0.5, 0.6) is 5.75 Å². The number of nitrogens with one attached hydrogen (secondary N) is 2. The Hall–Kier alpha value is -2.76. The van der Waals surface area contributed by atoms with E-state index in [1.165, 1.54) is 6.33 Å². The highest BCUT2D eigenvalue weighted by atomic mass is 127. The monoisotopic (exact) mass is 466 g/mol. The van der Waals surface area contributed by atoms with Gasteiger partial charge in [-0.2, -0.15) is 5.10 Å². The van der Waals surface area contributed by atoms with Crippen LogP contribution in [0.4, 0.5) is 5.82 Å². The molecule has 0 bridgehead atoms. The van der Waals surface area contributed by atoms with Crippen molar-refractivity contribution in [2.24, 2.45) is 0 Å². The van der Waals surface area contributed by atoms with E-state index in [-0.39, 0.29) is 29.9 Å². The van der Waals surface area contributed by atoms with Gasteiger partial charge in [0, 0.05) is 13.0 Å². The lowest BCUT2D eigenvalue weighted by atomic mass is 10.2. The predicted octanol–water partition coefficient (Wildman–Crippen LogP) is 1.79. The average molecular weight is 466 g/mol. The summed E-state index contributed by atoms with van der Waals surface area (Å²) >= 11 is 2.08. The van der Waals surface area contributed by atoms with Crippen LogP contribution in [0.15, 0.2) is 24.5 Å². The second kappa shape index (κ2) is 7.64. The molecule has 26 heavy (non-hydrogen) atoms. The maximum absolute atomic E-state index is 12.4. The summed E-state index contributed by atoms with van der Waals surface area (Å²) in [5, 5.41) is 9.29. The zero-order chi connectivity index (χ0) is 18.7. The van der Waals surface area contributed by atoms with Crippen molar-refractivity contribution >= 4 is 51.3 Å². The van der Waals surface area contributed by atoms with Gasteiger partial charge in [0.15, 0.2) is 11.5 Å². The van der Waals surface area contributed by atoms with E-state index in [1.54, 1.807) is 19.1 Å². The third-order valence-corrected chi connectivity index (χ3v) is 4.40. The van der Waals surface area contributed by atoms with Crippen LogP contribution in [0.3, 0.4) is 0 Å². The molecule has 1 aromatic carbocycles. The maximum atomic E-state index is 12.4. The molecule has 0 atom stereocenters. The number of carbonyl (C=O) groups is 2. The second-order valence-electron chi connectivity index (χ2n) is 5.33. The minimum absolute atomic E-state index is 0.169. The first-order valence-corrected chi connectivity index (χ1v) is 8.79. The molecule has 3 rings (SSSR count). The van der Waals surface area contributed by atoms with E-state index in [0.29, 0.717) is 23.2 Å². The zero-order valence-corrected chi connectivity index (χ0v) is 15.9. The number of fused-ring (bicyclic) bond motifs is 1. The van der Waals surface area contributed by atoms with Gasteiger partial charge < -0.3 is 15.8 Å².